The first-order valence-corrected chi connectivity index (χ1v) is 8.61. The van der Waals surface area contributed by atoms with Gasteiger partial charge in [0.15, 0.2) is 0 Å². The predicted molar refractivity (Wildman–Crippen MR) is 97.2 cm³/mol. The Bertz CT molecular complexity index is 928. The Labute approximate surface area is 150 Å². The van der Waals surface area contributed by atoms with E-state index in [1.807, 2.05) is 40.7 Å². The largest absolute Gasteiger partial charge is 0.349 e. The molecule has 0 bridgehead atoms. The fourth-order valence-corrected chi connectivity index (χ4v) is 3.22. The standard InChI is InChI=1S/C19H20FN5O/c1-23-9-2-4-17(23)16-12-18-24(10-3-11-25(18)22-16)19(26)21-13-14-5-7-15(20)8-6-14/h2,4-9,12H,3,10-11,13H2,1H3,(H,21,26). The van der Waals surface area contributed by atoms with Crippen molar-refractivity contribution in [3.05, 3.63) is 60.0 Å². The van der Waals surface area contributed by atoms with Crippen LogP contribution in [-0.4, -0.2) is 26.9 Å². The van der Waals surface area contributed by atoms with Gasteiger partial charge in [-0.1, -0.05) is 12.1 Å². The van der Waals surface area contributed by atoms with Gasteiger partial charge < -0.3 is 9.88 Å². The summed E-state index contributed by atoms with van der Waals surface area (Å²) in [6, 6.07) is 11.9. The van der Waals surface area contributed by atoms with E-state index in [0.29, 0.717) is 13.1 Å². The molecule has 4 rings (SSSR count). The van der Waals surface area contributed by atoms with Gasteiger partial charge in [0.25, 0.3) is 0 Å². The number of anilines is 1. The van der Waals surface area contributed by atoms with Crippen LogP contribution in [0, 0.1) is 5.82 Å². The van der Waals surface area contributed by atoms with Gasteiger partial charge in [0.2, 0.25) is 0 Å². The lowest BCUT2D eigenvalue weighted by molar-refractivity contribution is 0.244. The highest BCUT2D eigenvalue weighted by atomic mass is 19.1. The van der Waals surface area contributed by atoms with Crippen LogP contribution in [0.4, 0.5) is 15.0 Å². The summed E-state index contributed by atoms with van der Waals surface area (Å²) in [4.78, 5) is 14.4. The van der Waals surface area contributed by atoms with Crippen molar-refractivity contribution in [2.75, 3.05) is 11.4 Å². The molecule has 0 saturated carbocycles. The number of fused-ring (bicyclic) bond motifs is 1. The fourth-order valence-electron chi connectivity index (χ4n) is 3.22. The number of urea groups is 1. The number of benzene rings is 1. The van der Waals surface area contributed by atoms with Crippen molar-refractivity contribution >= 4 is 11.8 Å². The average molecular weight is 353 g/mol. The number of aromatic nitrogens is 3. The fraction of sp³-hybridized carbons (Fsp3) is 0.263. The summed E-state index contributed by atoms with van der Waals surface area (Å²) in [5.41, 5.74) is 2.72. The third-order valence-corrected chi connectivity index (χ3v) is 4.60. The first kappa shape index (κ1) is 16.4. The number of nitrogens with zero attached hydrogens (tertiary/aromatic N) is 4. The molecule has 7 heteroatoms. The van der Waals surface area contributed by atoms with E-state index in [2.05, 4.69) is 10.4 Å². The molecule has 26 heavy (non-hydrogen) atoms. The Morgan fingerprint density at radius 2 is 2.04 bits per heavy atom. The van der Waals surface area contributed by atoms with Gasteiger partial charge in [0.1, 0.15) is 17.3 Å². The van der Waals surface area contributed by atoms with Crippen molar-refractivity contribution < 1.29 is 9.18 Å². The molecular formula is C19H20FN5O. The lowest BCUT2D eigenvalue weighted by Crippen LogP contribution is -2.43. The van der Waals surface area contributed by atoms with Gasteiger partial charge in [-0.05, 0) is 36.2 Å². The summed E-state index contributed by atoms with van der Waals surface area (Å²) < 4.78 is 16.9. The number of carbonyl (C=O) groups is 1. The molecule has 0 unspecified atom stereocenters. The molecule has 2 aromatic heterocycles. The van der Waals surface area contributed by atoms with Crippen molar-refractivity contribution in [3.8, 4) is 11.4 Å². The molecule has 1 aromatic carbocycles. The zero-order chi connectivity index (χ0) is 18.1. The summed E-state index contributed by atoms with van der Waals surface area (Å²) in [5, 5.41) is 7.55. The predicted octanol–water partition coefficient (Wildman–Crippen LogP) is 3.15. The van der Waals surface area contributed by atoms with Crippen LogP contribution in [0.1, 0.15) is 12.0 Å². The summed E-state index contributed by atoms with van der Waals surface area (Å²) in [6.07, 6.45) is 2.83. The molecule has 134 valence electrons. The van der Waals surface area contributed by atoms with Crippen molar-refractivity contribution in [2.24, 2.45) is 7.05 Å². The lowest BCUT2D eigenvalue weighted by atomic mass is 10.2. The first-order chi connectivity index (χ1) is 12.6. The molecule has 1 aliphatic rings. The third-order valence-electron chi connectivity index (χ3n) is 4.60. The summed E-state index contributed by atoms with van der Waals surface area (Å²) >= 11 is 0. The van der Waals surface area contributed by atoms with Gasteiger partial charge in [0, 0.05) is 38.9 Å². The van der Waals surface area contributed by atoms with E-state index in [0.717, 1.165) is 35.7 Å². The highest BCUT2D eigenvalue weighted by molar-refractivity contribution is 5.91. The van der Waals surface area contributed by atoms with Gasteiger partial charge in [-0.15, -0.1) is 0 Å². The van der Waals surface area contributed by atoms with Crippen molar-refractivity contribution in [1.82, 2.24) is 19.7 Å². The van der Waals surface area contributed by atoms with Crippen LogP contribution in [0.5, 0.6) is 0 Å². The van der Waals surface area contributed by atoms with Crippen molar-refractivity contribution in [2.45, 2.75) is 19.5 Å². The highest BCUT2D eigenvalue weighted by Crippen LogP contribution is 2.27. The minimum Gasteiger partial charge on any atom is -0.349 e. The molecule has 3 aromatic rings. The smallest absolute Gasteiger partial charge is 0.323 e. The van der Waals surface area contributed by atoms with Crippen LogP contribution in [0.2, 0.25) is 0 Å². The molecule has 6 nitrogen and oxygen atoms in total. The Balaban J connectivity index is 1.51. The molecule has 0 atom stereocenters. The molecule has 0 saturated heterocycles. The molecule has 0 radical (unpaired) electrons. The van der Waals surface area contributed by atoms with Gasteiger partial charge in [-0.3, -0.25) is 4.90 Å². The molecule has 0 spiro atoms. The summed E-state index contributed by atoms with van der Waals surface area (Å²) in [5.74, 6) is 0.511. The summed E-state index contributed by atoms with van der Waals surface area (Å²) in [7, 11) is 1.97. The topological polar surface area (TPSA) is 55.1 Å². The monoisotopic (exact) mass is 353 g/mol. The second kappa shape index (κ2) is 6.67. The molecule has 2 amide bonds. The van der Waals surface area contributed by atoms with Crippen LogP contribution in [-0.2, 0) is 20.1 Å². The van der Waals surface area contributed by atoms with Gasteiger partial charge in [0.05, 0.1) is 5.69 Å². The van der Waals surface area contributed by atoms with Crippen LogP contribution in [0.15, 0.2) is 48.7 Å². The molecule has 1 aliphatic heterocycles. The van der Waals surface area contributed by atoms with E-state index >= 15 is 0 Å². The number of hydrogen-bond donors (Lipinski definition) is 1. The van der Waals surface area contributed by atoms with Gasteiger partial charge >= 0.3 is 6.03 Å². The minimum atomic E-state index is -0.284. The van der Waals surface area contributed by atoms with E-state index in [1.54, 1.807) is 17.0 Å². The Morgan fingerprint density at radius 1 is 1.23 bits per heavy atom. The number of aryl methyl sites for hydroxylation is 2. The zero-order valence-corrected chi connectivity index (χ0v) is 14.5. The van der Waals surface area contributed by atoms with Gasteiger partial charge in [-0.25, -0.2) is 13.9 Å². The lowest BCUT2D eigenvalue weighted by Gasteiger charge is -2.27. The number of rotatable bonds is 3. The molecular weight excluding hydrogens is 333 g/mol. The van der Waals surface area contributed by atoms with Crippen molar-refractivity contribution in [3.63, 3.8) is 0 Å². The van der Waals surface area contributed by atoms with E-state index in [1.165, 1.54) is 12.1 Å². The molecule has 0 fully saturated rings. The molecule has 3 heterocycles. The first-order valence-electron chi connectivity index (χ1n) is 8.61. The number of amides is 2. The van der Waals surface area contributed by atoms with Crippen LogP contribution >= 0.6 is 0 Å². The van der Waals surface area contributed by atoms with Gasteiger partial charge in [-0.2, -0.15) is 5.10 Å². The van der Waals surface area contributed by atoms with Crippen LogP contribution in [0.25, 0.3) is 11.4 Å². The number of hydrogen-bond acceptors (Lipinski definition) is 2. The van der Waals surface area contributed by atoms with Crippen molar-refractivity contribution in [1.29, 1.82) is 0 Å². The van der Waals surface area contributed by atoms with Crippen LogP contribution < -0.4 is 10.2 Å². The SMILES string of the molecule is Cn1cccc1-c1cc2n(n1)CCCN2C(=O)NCc1ccc(F)cc1. The quantitative estimate of drug-likeness (QED) is 0.786. The van der Waals surface area contributed by atoms with Crippen LogP contribution in [0.3, 0.4) is 0 Å². The number of nitrogens with one attached hydrogen (secondary N) is 1. The normalized spacial score (nSPS) is 13.5. The highest BCUT2D eigenvalue weighted by Gasteiger charge is 2.25. The van der Waals surface area contributed by atoms with E-state index < -0.39 is 0 Å². The Morgan fingerprint density at radius 3 is 2.77 bits per heavy atom. The Kier molecular flexibility index (Phi) is 4.20. The summed E-state index contributed by atoms with van der Waals surface area (Å²) in [6.45, 7) is 1.80. The second-order valence-electron chi connectivity index (χ2n) is 6.41. The molecule has 0 aliphatic carbocycles. The third kappa shape index (κ3) is 3.08. The zero-order valence-electron chi connectivity index (χ0n) is 14.5. The number of halogens is 1. The van der Waals surface area contributed by atoms with E-state index in [-0.39, 0.29) is 11.8 Å². The second-order valence-corrected chi connectivity index (χ2v) is 6.41. The maximum Gasteiger partial charge on any atom is 0.323 e. The Hall–Kier alpha value is -3.09. The minimum absolute atomic E-state index is 0.173. The molecule has 1 N–H and O–H groups in total. The van der Waals surface area contributed by atoms with E-state index in [9.17, 15) is 9.18 Å². The maximum atomic E-state index is 13.0. The maximum absolute atomic E-state index is 13.0. The average Bonchev–Trinajstić information content (AvgIpc) is 3.26. The van der Waals surface area contributed by atoms with E-state index in [4.69, 9.17) is 0 Å². The number of carbonyl (C=O) groups excluding carboxylic acids is 1.